The van der Waals surface area contributed by atoms with Gasteiger partial charge in [0, 0.05) is 31.1 Å². The maximum Gasteiger partial charge on any atom is 0.253 e. The highest BCUT2D eigenvalue weighted by atomic mass is 19.1. The highest BCUT2D eigenvalue weighted by Gasteiger charge is 2.05. The molecule has 0 aliphatic carbocycles. The number of rotatable bonds is 3. The normalized spacial score (nSPS) is 10.4. The zero-order chi connectivity index (χ0) is 13.1. The van der Waals surface area contributed by atoms with Crippen molar-refractivity contribution in [3.05, 3.63) is 52.1 Å². The summed E-state index contributed by atoms with van der Waals surface area (Å²) in [7, 11) is 1.60. The van der Waals surface area contributed by atoms with Crippen LogP contribution in [0.2, 0.25) is 0 Å². The van der Waals surface area contributed by atoms with Gasteiger partial charge in [-0.2, -0.15) is 0 Å². The Morgan fingerprint density at radius 3 is 2.94 bits per heavy atom. The van der Waals surface area contributed by atoms with E-state index in [-0.39, 0.29) is 18.0 Å². The topological polar surface area (TPSA) is 57.0 Å². The zero-order valence-corrected chi connectivity index (χ0v) is 10.1. The fraction of sp³-hybridized carbons (Fsp3) is 0.250. The first-order valence-corrected chi connectivity index (χ1v) is 5.34. The van der Waals surface area contributed by atoms with Crippen LogP contribution in [0.1, 0.15) is 11.5 Å². The molecule has 0 aliphatic heterocycles. The second-order valence-electron chi connectivity index (χ2n) is 3.81. The van der Waals surface area contributed by atoms with E-state index in [2.05, 4.69) is 9.97 Å². The van der Waals surface area contributed by atoms with Crippen LogP contribution in [0.5, 0.6) is 5.88 Å². The molecule has 18 heavy (non-hydrogen) atoms. The van der Waals surface area contributed by atoms with E-state index in [9.17, 15) is 9.18 Å². The maximum atomic E-state index is 12.9. The largest absolute Gasteiger partial charge is 0.469 e. The standard InChI is InChI=1S/C12H12FN3O2/c1-8-5-12(17)16(2)10(15-8)7-18-11-6-9(13)3-4-14-11/h3-6H,7H2,1-2H3. The van der Waals surface area contributed by atoms with Crippen LogP contribution in [-0.2, 0) is 13.7 Å². The minimum Gasteiger partial charge on any atom is -0.469 e. The van der Waals surface area contributed by atoms with Crippen molar-refractivity contribution in [2.24, 2.45) is 7.05 Å². The molecule has 6 heteroatoms. The summed E-state index contributed by atoms with van der Waals surface area (Å²) in [6.45, 7) is 1.79. The molecule has 94 valence electrons. The highest BCUT2D eigenvalue weighted by Crippen LogP contribution is 2.09. The Morgan fingerprint density at radius 2 is 2.22 bits per heavy atom. The van der Waals surface area contributed by atoms with E-state index in [4.69, 9.17) is 4.74 Å². The van der Waals surface area contributed by atoms with Crippen LogP contribution in [-0.4, -0.2) is 14.5 Å². The summed E-state index contributed by atoms with van der Waals surface area (Å²) >= 11 is 0. The minimum absolute atomic E-state index is 0.0594. The highest BCUT2D eigenvalue weighted by molar-refractivity contribution is 5.12. The summed E-state index contributed by atoms with van der Waals surface area (Å²) in [5.74, 6) is 0.197. The molecule has 0 unspecified atom stereocenters. The van der Waals surface area contributed by atoms with Gasteiger partial charge in [-0.1, -0.05) is 0 Å². The predicted molar refractivity (Wildman–Crippen MR) is 62.7 cm³/mol. The Hall–Kier alpha value is -2.24. The smallest absolute Gasteiger partial charge is 0.253 e. The molecular weight excluding hydrogens is 237 g/mol. The first-order valence-electron chi connectivity index (χ1n) is 5.34. The van der Waals surface area contributed by atoms with Crippen molar-refractivity contribution >= 4 is 0 Å². The molecule has 2 heterocycles. The van der Waals surface area contributed by atoms with Crippen LogP contribution in [0.4, 0.5) is 4.39 Å². The molecular formula is C12H12FN3O2. The van der Waals surface area contributed by atoms with Crippen molar-refractivity contribution in [1.82, 2.24) is 14.5 Å². The predicted octanol–water partition coefficient (Wildman–Crippen LogP) is 1.20. The van der Waals surface area contributed by atoms with Gasteiger partial charge < -0.3 is 4.74 Å². The van der Waals surface area contributed by atoms with Gasteiger partial charge in [-0.05, 0) is 13.0 Å². The molecule has 0 saturated carbocycles. The van der Waals surface area contributed by atoms with E-state index in [0.29, 0.717) is 11.5 Å². The lowest BCUT2D eigenvalue weighted by Gasteiger charge is -2.09. The SMILES string of the molecule is Cc1cc(=O)n(C)c(COc2cc(F)ccn2)n1. The molecule has 0 fully saturated rings. The number of halogens is 1. The van der Waals surface area contributed by atoms with E-state index in [1.54, 1.807) is 14.0 Å². The van der Waals surface area contributed by atoms with Gasteiger partial charge in [0.2, 0.25) is 5.88 Å². The molecule has 2 rings (SSSR count). The second kappa shape index (κ2) is 4.95. The summed E-state index contributed by atoms with van der Waals surface area (Å²) in [5, 5.41) is 0. The van der Waals surface area contributed by atoms with Gasteiger partial charge >= 0.3 is 0 Å². The number of aryl methyl sites for hydroxylation is 1. The van der Waals surface area contributed by atoms with Gasteiger partial charge in [0.25, 0.3) is 5.56 Å². The Balaban J connectivity index is 2.18. The number of aromatic nitrogens is 3. The fourth-order valence-electron chi connectivity index (χ4n) is 1.45. The van der Waals surface area contributed by atoms with Crippen molar-refractivity contribution in [2.45, 2.75) is 13.5 Å². The molecule has 0 aromatic carbocycles. The van der Waals surface area contributed by atoms with Crippen molar-refractivity contribution < 1.29 is 9.13 Å². The van der Waals surface area contributed by atoms with Crippen LogP contribution >= 0.6 is 0 Å². The Labute approximate surface area is 103 Å². The van der Waals surface area contributed by atoms with Gasteiger partial charge in [-0.15, -0.1) is 0 Å². The minimum atomic E-state index is -0.425. The maximum absolute atomic E-state index is 12.9. The molecule has 0 amide bonds. The Morgan fingerprint density at radius 1 is 1.44 bits per heavy atom. The average Bonchev–Trinajstić information content (AvgIpc) is 2.32. The first-order chi connectivity index (χ1) is 8.56. The van der Waals surface area contributed by atoms with Crippen LogP contribution in [0, 0.1) is 12.7 Å². The van der Waals surface area contributed by atoms with Crippen LogP contribution < -0.4 is 10.3 Å². The number of hydrogen-bond donors (Lipinski definition) is 0. The van der Waals surface area contributed by atoms with Gasteiger partial charge in [-0.25, -0.2) is 14.4 Å². The van der Waals surface area contributed by atoms with Crippen LogP contribution in [0.3, 0.4) is 0 Å². The van der Waals surface area contributed by atoms with E-state index < -0.39 is 5.82 Å². The third-order valence-corrected chi connectivity index (χ3v) is 2.40. The number of pyridine rings is 1. The van der Waals surface area contributed by atoms with Crippen molar-refractivity contribution in [3.8, 4) is 5.88 Å². The monoisotopic (exact) mass is 249 g/mol. The van der Waals surface area contributed by atoms with Gasteiger partial charge in [-0.3, -0.25) is 9.36 Å². The third-order valence-electron chi connectivity index (χ3n) is 2.40. The van der Waals surface area contributed by atoms with Gasteiger partial charge in [0.15, 0.2) is 0 Å². The lowest BCUT2D eigenvalue weighted by Crippen LogP contribution is -2.23. The molecule has 0 radical (unpaired) electrons. The summed E-state index contributed by atoms with van der Waals surface area (Å²) in [6.07, 6.45) is 1.31. The van der Waals surface area contributed by atoms with Crippen molar-refractivity contribution in [2.75, 3.05) is 0 Å². The zero-order valence-electron chi connectivity index (χ0n) is 10.1. The second-order valence-corrected chi connectivity index (χ2v) is 3.81. The van der Waals surface area contributed by atoms with Gasteiger partial charge in [0.1, 0.15) is 18.2 Å². The van der Waals surface area contributed by atoms with Crippen molar-refractivity contribution in [3.63, 3.8) is 0 Å². The van der Waals surface area contributed by atoms with E-state index in [1.165, 1.54) is 29.0 Å². The number of ether oxygens (including phenoxy) is 1. The molecule has 2 aromatic rings. The first kappa shape index (κ1) is 12.2. The van der Waals surface area contributed by atoms with Gasteiger partial charge in [0.05, 0.1) is 0 Å². The summed E-state index contributed by atoms with van der Waals surface area (Å²) in [6, 6.07) is 3.84. The number of hydrogen-bond acceptors (Lipinski definition) is 4. The van der Waals surface area contributed by atoms with Crippen LogP contribution in [0.15, 0.2) is 29.2 Å². The molecule has 0 saturated heterocycles. The summed E-state index contributed by atoms with van der Waals surface area (Å²) in [5.41, 5.74) is 0.456. The Bertz CT molecular complexity index is 625. The molecule has 0 aliphatic rings. The quantitative estimate of drug-likeness (QED) is 0.820. The average molecular weight is 249 g/mol. The van der Waals surface area contributed by atoms with Crippen molar-refractivity contribution in [1.29, 1.82) is 0 Å². The van der Waals surface area contributed by atoms with Crippen LogP contribution in [0.25, 0.3) is 0 Å². The lowest BCUT2D eigenvalue weighted by molar-refractivity contribution is 0.276. The molecule has 0 N–H and O–H groups in total. The van der Waals surface area contributed by atoms with E-state index in [0.717, 1.165) is 0 Å². The van der Waals surface area contributed by atoms with E-state index in [1.807, 2.05) is 0 Å². The lowest BCUT2D eigenvalue weighted by atomic mass is 10.4. The summed E-state index contributed by atoms with van der Waals surface area (Å²) < 4.78 is 19.6. The molecule has 0 atom stereocenters. The molecule has 0 bridgehead atoms. The number of nitrogens with zero attached hydrogens (tertiary/aromatic N) is 3. The summed E-state index contributed by atoms with van der Waals surface area (Å²) in [4.78, 5) is 19.6. The fourth-order valence-corrected chi connectivity index (χ4v) is 1.45. The molecule has 0 spiro atoms. The Kier molecular flexibility index (Phi) is 3.36. The third kappa shape index (κ3) is 2.71. The molecule has 2 aromatic heterocycles. The molecule has 5 nitrogen and oxygen atoms in total. The van der Waals surface area contributed by atoms with E-state index >= 15 is 0 Å².